The van der Waals surface area contributed by atoms with Crippen LogP contribution in [0.2, 0.25) is 5.02 Å². The van der Waals surface area contributed by atoms with Crippen LogP contribution in [0.4, 0.5) is 8.78 Å². The standard InChI is InChI=1S/C19H16ClF2N3O2/c20-13-3-1-12(2-4-13)17-23-19(27-24-17)7-9-25(10-8-19)18(26)15-11-14(21)5-6-16(15)22/h1-6,11H,7-10H2,(H,23,24). The second-order valence-corrected chi connectivity index (χ2v) is 6.97. The van der Waals surface area contributed by atoms with Gasteiger partial charge >= 0.3 is 0 Å². The molecule has 1 spiro atoms. The third-order valence-corrected chi connectivity index (χ3v) is 5.01. The quantitative estimate of drug-likeness (QED) is 0.852. The lowest BCUT2D eigenvalue weighted by Gasteiger charge is -2.35. The largest absolute Gasteiger partial charge is 0.338 e. The van der Waals surface area contributed by atoms with Gasteiger partial charge in [0.15, 0.2) is 11.6 Å². The molecule has 5 nitrogen and oxygen atoms in total. The van der Waals surface area contributed by atoms with E-state index in [9.17, 15) is 13.6 Å². The molecular formula is C19H16ClF2N3O2. The number of likely N-dealkylation sites (tertiary alicyclic amines) is 1. The minimum Gasteiger partial charge on any atom is -0.338 e. The summed E-state index contributed by atoms with van der Waals surface area (Å²) in [5, 5.41) is 0.629. The SMILES string of the molecule is O=C(c1cc(F)ccc1F)N1CCC2(CC1)N=C(c1ccc(Cl)cc1)NO2. The van der Waals surface area contributed by atoms with Crippen LogP contribution in [0.25, 0.3) is 0 Å². The molecule has 0 aliphatic carbocycles. The number of amides is 1. The summed E-state index contributed by atoms with van der Waals surface area (Å²) in [6, 6.07) is 10.1. The van der Waals surface area contributed by atoms with Gasteiger partial charge in [0.25, 0.3) is 5.91 Å². The van der Waals surface area contributed by atoms with Gasteiger partial charge in [-0.2, -0.15) is 0 Å². The number of rotatable bonds is 2. The highest BCUT2D eigenvalue weighted by atomic mass is 35.5. The topological polar surface area (TPSA) is 53.9 Å². The fourth-order valence-electron chi connectivity index (χ4n) is 3.23. The number of carbonyl (C=O) groups is 1. The molecule has 0 unspecified atom stereocenters. The summed E-state index contributed by atoms with van der Waals surface area (Å²) < 4.78 is 27.2. The van der Waals surface area contributed by atoms with E-state index in [1.807, 2.05) is 12.1 Å². The molecule has 27 heavy (non-hydrogen) atoms. The lowest BCUT2D eigenvalue weighted by molar-refractivity contribution is -0.0849. The maximum Gasteiger partial charge on any atom is 0.256 e. The zero-order valence-electron chi connectivity index (χ0n) is 14.2. The highest BCUT2D eigenvalue weighted by molar-refractivity contribution is 6.30. The number of piperidine rings is 1. The summed E-state index contributed by atoms with van der Waals surface area (Å²) in [5.74, 6) is -1.31. The van der Waals surface area contributed by atoms with Crippen molar-refractivity contribution < 1.29 is 18.4 Å². The molecule has 2 aliphatic heterocycles. The molecule has 0 aromatic heterocycles. The van der Waals surface area contributed by atoms with Crippen molar-refractivity contribution in [2.45, 2.75) is 18.6 Å². The Morgan fingerprint density at radius 1 is 1.15 bits per heavy atom. The molecule has 2 aromatic rings. The Balaban J connectivity index is 1.46. The molecule has 8 heteroatoms. The predicted octanol–water partition coefficient (Wildman–Crippen LogP) is 3.53. The van der Waals surface area contributed by atoms with Crippen molar-refractivity contribution in [1.82, 2.24) is 10.4 Å². The van der Waals surface area contributed by atoms with E-state index in [-0.39, 0.29) is 5.56 Å². The van der Waals surface area contributed by atoms with Gasteiger partial charge in [0, 0.05) is 36.5 Å². The maximum absolute atomic E-state index is 13.9. The van der Waals surface area contributed by atoms with E-state index >= 15 is 0 Å². The van der Waals surface area contributed by atoms with Crippen LogP contribution in [0.15, 0.2) is 47.5 Å². The Labute approximate surface area is 159 Å². The van der Waals surface area contributed by atoms with E-state index in [1.54, 1.807) is 12.1 Å². The van der Waals surface area contributed by atoms with E-state index in [0.717, 1.165) is 23.8 Å². The number of carbonyl (C=O) groups excluding carboxylic acids is 1. The molecule has 0 bridgehead atoms. The van der Waals surface area contributed by atoms with E-state index < -0.39 is 23.3 Å². The number of hydrogen-bond acceptors (Lipinski definition) is 4. The first-order valence-electron chi connectivity index (χ1n) is 8.50. The summed E-state index contributed by atoms with van der Waals surface area (Å²) in [6.07, 6.45) is 0.888. The van der Waals surface area contributed by atoms with Crippen molar-refractivity contribution in [3.63, 3.8) is 0 Å². The van der Waals surface area contributed by atoms with Crippen LogP contribution in [-0.4, -0.2) is 35.5 Å². The highest BCUT2D eigenvalue weighted by Crippen LogP contribution is 2.32. The Kier molecular flexibility index (Phi) is 4.57. The summed E-state index contributed by atoms with van der Waals surface area (Å²) in [5.41, 5.74) is 2.65. The van der Waals surface area contributed by atoms with Crippen LogP contribution in [0.5, 0.6) is 0 Å². The van der Waals surface area contributed by atoms with Gasteiger partial charge in [-0.05, 0) is 42.5 Å². The van der Waals surface area contributed by atoms with Crippen molar-refractivity contribution in [2.24, 2.45) is 4.99 Å². The predicted molar refractivity (Wildman–Crippen MR) is 96.4 cm³/mol. The molecule has 1 N–H and O–H groups in total. The monoisotopic (exact) mass is 391 g/mol. The average Bonchev–Trinajstić information content (AvgIpc) is 3.08. The number of benzene rings is 2. The van der Waals surface area contributed by atoms with E-state index in [4.69, 9.17) is 16.4 Å². The van der Waals surface area contributed by atoms with Gasteiger partial charge in [0.05, 0.1) is 5.56 Å². The molecule has 1 amide bonds. The molecule has 1 saturated heterocycles. The number of nitrogens with zero attached hydrogens (tertiary/aromatic N) is 2. The van der Waals surface area contributed by atoms with Crippen LogP contribution >= 0.6 is 11.6 Å². The first kappa shape index (κ1) is 17.9. The molecule has 0 radical (unpaired) electrons. The minimum absolute atomic E-state index is 0.262. The molecule has 2 heterocycles. The van der Waals surface area contributed by atoms with Crippen molar-refractivity contribution in [2.75, 3.05) is 13.1 Å². The van der Waals surface area contributed by atoms with Crippen molar-refractivity contribution in [3.8, 4) is 0 Å². The van der Waals surface area contributed by atoms with E-state index in [0.29, 0.717) is 36.8 Å². The molecule has 0 atom stereocenters. The average molecular weight is 392 g/mol. The third-order valence-electron chi connectivity index (χ3n) is 4.76. The smallest absolute Gasteiger partial charge is 0.256 e. The molecule has 4 rings (SSSR count). The Hall–Kier alpha value is -2.51. The second kappa shape index (κ2) is 6.90. The lowest BCUT2D eigenvalue weighted by Crippen LogP contribution is -2.46. The number of nitrogens with one attached hydrogen (secondary N) is 1. The molecule has 2 aromatic carbocycles. The molecular weight excluding hydrogens is 376 g/mol. The fraction of sp³-hybridized carbons (Fsp3) is 0.263. The summed E-state index contributed by atoms with van der Waals surface area (Å²) >= 11 is 5.90. The van der Waals surface area contributed by atoms with Crippen molar-refractivity contribution >= 4 is 23.3 Å². The van der Waals surface area contributed by atoms with Crippen molar-refractivity contribution in [1.29, 1.82) is 0 Å². The molecule has 1 fully saturated rings. The number of aliphatic imine (C=N–C) groups is 1. The van der Waals surface area contributed by atoms with Gasteiger partial charge < -0.3 is 4.90 Å². The maximum atomic E-state index is 13.9. The first-order valence-corrected chi connectivity index (χ1v) is 8.88. The van der Waals surface area contributed by atoms with Gasteiger partial charge in [-0.1, -0.05) is 11.6 Å². The Morgan fingerprint density at radius 3 is 2.56 bits per heavy atom. The number of hydroxylamine groups is 1. The van der Waals surface area contributed by atoms with Crippen LogP contribution < -0.4 is 5.48 Å². The van der Waals surface area contributed by atoms with E-state index in [2.05, 4.69) is 10.5 Å². The minimum atomic E-state index is -0.772. The van der Waals surface area contributed by atoms with E-state index in [1.165, 1.54) is 4.90 Å². The van der Waals surface area contributed by atoms with Gasteiger partial charge in [-0.3, -0.25) is 4.79 Å². The second-order valence-electron chi connectivity index (χ2n) is 6.53. The Morgan fingerprint density at radius 2 is 1.85 bits per heavy atom. The Bertz CT molecular complexity index is 910. The summed E-state index contributed by atoms with van der Waals surface area (Å²) in [6.45, 7) is 0.654. The zero-order chi connectivity index (χ0) is 19.0. The molecule has 2 aliphatic rings. The fourth-order valence-corrected chi connectivity index (χ4v) is 3.35. The van der Waals surface area contributed by atoms with Gasteiger partial charge in [0.1, 0.15) is 11.6 Å². The van der Waals surface area contributed by atoms with Gasteiger partial charge in [0.2, 0.25) is 0 Å². The summed E-state index contributed by atoms with van der Waals surface area (Å²) in [4.78, 5) is 24.3. The van der Waals surface area contributed by atoms with Crippen LogP contribution in [0.1, 0.15) is 28.8 Å². The first-order chi connectivity index (χ1) is 13.0. The van der Waals surface area contributed by atoms with Gasteiger partial charge in [-0.25, -0.2) is 24.1 Å². The van der Waals surface area contributed by atoms with Crippen molar-refractivity contribution in [3.05, 3.63) is 70.2 Å². The highest BCUT2D eigenvalue weighted by Gasteiger charge is 2.41. The van der Waals surface area contributed by atoms with Crippen LogP contribution in [0, 0.1) is 11.6 Å². The molecule has 140 valence electrons. The van der Waals surface area contributed by atoms with Crippen LogP contribution in [0.3, 0.4) is 0 Å². The zero-order valence-corrected chi connectivity index (χ0v) is 15.0. The summed E-state index contributed by atoms with van der Waals surface area (Å²) in [7, 11) is 0. The third kappa shape index (κ3) is 3.52. The number of hydrogen-bond donors (Lipinski definition) is 1. The number of amidine groups is 1. The number of halogens is 3. The molecule has 0 saturated carbocycles. The van der Waals surface area contributed by atoms with Crippen LogP contribution in [-0.2, 0) is 4.84 Å². The lowest BCUT2D eigenvalue weighted by atomic mass is 10.00. The normalized spacial score (nSPS) is 18.3. The van der Waals surface area contributed by atoms with Gasteiger partial charge in [-0.15, -0.1) is 0 Å².